The van der Waals surface area contributed by atoms with E-state index in [1.807, 2.05) is 6.92 Å². The molecule has 1 rings (SSSR count). The summed E-state index contributed by atoms with van der Waals surface area (Å²) in [5.74, 6) is 0.341. The second-order valence-electron chi connectivity index (χ2n) is 4.31. The van der Waals surface area contributed by atoms with Crippen LogP contribution in [0.1, 0.15) is 45.4 Å². The summed E-state index contributed by atoms with van der Waals surface area (Å²) in [7, 11) is 0. The maximum absolute atomic E-state index is 11.3. The molecule has 0 heterocycles. The zero-order chi connectivity index (χ0) is 11.8. The van der Waals surface area contributed by atoms with Crippen LogP contribution in [0.25, 0.3) is 0 Å². The van der Waals surface area contributed by atoms with Gasteiger partial charge in [0.1, 0.15) is 0 Å². The Morgan fingerprint density at radius 3 is 2.69 bits per heavy atom. The van der Waals surface area contributed by atoms with Crippen molar-refractivity contribution in [2.75, 3.05) is 12.4 Å². The molecule has 1 saturated carbocycles. The normalized spacial score (nSPS) is 26.9. The van der Waals surface area contributed by atoms with E-state index >= 15 is 0 Å². The highest BCUT2D eigenvalue weighted by Crippen LogP contribution is 2.26. The number of ether oxygens (including phenoxy) is 1. The van der Waals surface area contributed by atoms with E-state index in [0.29, 0.717) is 17.6 Å². The zero-order valence-corrected chi connectivity index (χ0v) is 10.9. The third kappa shape index (κ3) is 5.21. The average molecular weight is 245 g/mol. The number of esters is 1. The molecule has 0 aromatic heterocycles. The van der Waals surface area contributed by atoms with Crippen molar-refractivity contribution in [3.8, 4) is 0 Å². The lowest BCUT2D eigenvalue weighted by Gasteiger charge is -2.25. The third-order valence-corrected chi connectivity index (χ3v) is 4.39. The van der Waals surface area contributed by atoms with Crippen LogP contribution in [-0.2, 0) is 9.53 Å². The van der Waals surface area contributed by atoms with Gasteiger partial charge in [-0.2, -0.15) is 0 Å². The maximum Gasteiger partial charge on any atom is 0.315 e. The van der Waals surface area contributed by atoms with Gasteiger partial charge >= 0.3 is 5.97 Å². The SMILES string of the molecule is CCOC(=O)CSC1CCCCCCC1N. The molecule has 2 unspecified atom stereocenters. The summed E-state index contributed by atoms with van der Waals surface area (Å²) in [5, 5.41) is 0.435. The minimum atomic E-state index is -0.109. The van der Waals surface area contributed by atoms with Gasteiger partial charge in [0.25, 0.3) is 0 Å². The number of hydrogen-bond donors (Lipinski definition) is 1. The topological polar surface area (TPSA) is 52.3 Å². The van der Waals surface area contributed by atoms with E-state index in [-0.39, 0.29) is 12.0 Å². The Morgan fingerprint density at radius 1 is 1.31 bits per heavy atom. The lowest BCUT2D eigenvalue weighted by atomic mass is 9.97. The largest absolute Gasteiger partial charge is 0.465 e. The van der Waals surface area contributed by atoms with Gasteiger partial charge in [-0.15, -0.1) is 11.8 Å². The molecule has 0 spiro atoms. The highest BCUT2D eigenvalue weighted by Gasteiger charge is 2.20. The Kier molecular flexibility index (Phi) is 6.88. The van der Waals surface area contributed by atoms with Gasteiger partial charge in [0.05, 0.1) is 12.4 Å². The van der Waals surface area contributed by atoms with Crippen LogP contribution in [0, 0.1) is 0 Å². The molecule has 0 amide bonds. The monoisotopic (exact) mass is 245 g/mol. The summed E-state index contributed by atoms with van der Waals surface area (Å²) >= 11 is 1.68. The average Bonchev–Trinajstić information content (AvgIpc) is 2.23. The summed E-state index contributed by atoms with van der Waals surface area (Å²) in [6.07, 6.45) is 7.34. The van der Waals surface area contributed by atoms with E-state index < -0.39 is 0 Å². The highest BCUT2D eigenvalue weighted by molar-refractivity contribution is 8.00. The molecule has 0 aliphatic heterocycles. The fourth-order valence-electron chi connectivity index (χ4n) is 2.06. The summed E-state index contributed by atoms with van der Waals surface area (Å²) in [6.45, 7) is 2.31. The number of carbonyl (C=O) groups is 1. The van der Waals surface area contributed by atoms with Crippen molar-refractivity contribution in [3.63, 3.8) is 0 Å². The van der Waals surface area contributed by atoms with Crippen LogP contribution < -0.4 is 5.73 Å². The second-order valence-corrected chi connectivity index (χ2v) is 5.54. The fraction of sp³-hybridized carbons (Fsp3) is 0.917. The second kappa shape index (κ2) is 7.96. The van der Waals surface area contributed by atoms with Crippen molar-refractivity contribution < 1.29 is 9.53 Å². The maximum atomic E-state index is 11.3. The van der Waals surface area contributed by atoms with E-state index in [2.05, 4.69) is 0 Å². The van der Waals surface area contributed by atoms with Gasteiger partial charge < -0.3 is 10.5 Å². The first-order valence-corrected chi connectivity index (χ1v) is 7.31. The van der Waals surface area contributed by atoms with Crippen molar-refractivity contribution >= 4 is 17.7 Å². The molecule has 3 nitrogen and oxygen atoms in total. The quantitative estimate of drug-likeness (QED) is 0.772. The Morgan fingerprint density at radius 2 is 2.00 bits per heavy atom. The molecule has 0 saturated heterocycles. The van der Waals surface area contributed by atoms with Gasteiger partial charge in [-0.25, -0.2) is 0 Å². The van der Waals surface area contributed by atoms with E-state index in [9.17, 15) is 4.79 Å². The van der Waals surface area contributed by atoms with Gasteiger partial charge in [-0.1, -0.05) is 25.7 Å². The smallest absolute Gasteiger partial charge is 0.315 e. The Balaban J connectivity index is 2.28. The number of rotatable bonds is 4. The van der Waals surface area contributed by atoms with Crippen molar-refractivity contribution in [1.29, 1.82) is 0 Å². The molecule has 16 heavy (non-hydrogen) atoms. The summed E-state index contributed by atoms with van der Waals surface area (Å²) in [5.41, 5.74) is 6.14. The fourth-order valence-corrected chi connectivity index (χ4v) is 3.21. The van der Waals surface area contributed by atoms with Gasteiger partial charge in [0, 0.05) is 11.3 Å². The predicted molar refractivity (Wildman–Crippen MR) is 68.6 cm³/mol. The molecule has 0 aromatic carbocycles. The first kappa shape index (κ1) is 13.8. The van der Waals surface area contributed by atoms with Crippen molar-refractivity contribution in [3.05, 3.63) is 0 Å². The van der Waals surface area contributed by atoms with Crippen LogP contribution >= 0.6 is 11.8 Å². The Bertz CT molecular complexity index is 211. The minimum Gasteiger partial charge on any atom is -0.465 e. The molecule has 0 aromatic rings. The van der Waals surface area contributed by atoms with Crippen LogP contribution in [0.3, 0.4) is 0 Å². The van der Waals surface area contributed by atoms with Gasteiger partial charge in [0.2, 0.25) is 0 Å². The number of nitrogens with two attached hydrogens (primary N) is 1. The molecule has 4 heteroatoms. The van der Waals surface area contributed by atoms with E-state index in [0.717, 1.165) is 12.8 Å². The molecule has 1 aliphatic carbocycles. The lowest BCUT2D eigenvalue weighted by molar-refractivity contribution is -0.139. The lowest BCUT2D eigenvalue weighted by Crippen LogP contribution is -2.34. The summed E-state index contributed by atoms with van der Waals surface area (Å²) < 4.78 is 4.92. The molecular formula is C12H23NO2S. The zero-order valence-electron chi connectivity index (χ0n) is 10.1. The van der Waals surface area contributed by atoms with Crippen LogP contribution in [0.15, 0.2) is 0 Å². The molecular weight excluding hydrogens is 222 g/mol. The molecule has 1 aliphatic rings. The van der Waals surface area contributed by atoms with Crippen LogP contribution in [0.4, 0.5) is 0 Å². The number of carbonyl (C=O) groups excluding carboxylic acids is 1. The van der Waals surface area contributed by atoms with Crippen LogP contribution in [0.2, 0.25) is 0 Å². The Labute approximate surface area is 102 Å². The third-order valence-electron chi connectivity index (χ3n) is 2.97. The predicted octanol–water partition coefficient (Wildman–Crippen LogP) is 2.33. The van der Waals surface area contributed by atoms with Crippen molar-refractivity contribution in [2.45, 2.75) is 56.7 Å². The molecule has 1 fully saturated rings. The molecule has 0 radical (unpaired) electrons. The van der Waals surface area contributed by atoms with E-state index in [1.165, 1.54) is 25.7 Å². The van der Waals surface area contributed by atoms with E-state index in [1.54, 1.807) is 11.8 Å². The van der Waals surface area contributed by atoms with E-state index in [4.69, 9.17) is 10.5 Å². The molecule has 2 atom stereocenters. The highest BCUT2D eigenvalue weighted by atomic mass is 32.2. The standard InChI is InChI=1S/C12H23NO2S/c1-2-15-12(14)9-16-11-8-6-4-3-5-7-10(11)13/h10-11H,2-9,13H2,1H3. The summed E-state index contributed by atoms with van der Waals surface area (Å²) in [6, 6.07) is 0.250. The van der Waals surface area contributed by atoms with Crippen LogP contribution in [0.5, 0.6) is 0 Å². The first-order chi connectivity index (χ1) is 7.74. The Hall–Kier alpha value is -0.220. The van der Waals surface area contributed by atoms with Gasteiger partial charge in [-0.3, -0.25) is 4.79 Å². The number of hydrogen-bond acceptors (Lipinski definition) is 4. The first-order valence-electron chi connectivity index (χ1n) is 6.27. The summed E-state index contributed by atoms with van der Waals surface area (Å²) in [4.78, 5) is 11.3. The molecule has 0 bridgehead atoms. The molecule has 94 valence electrons. The minimum absolute atomic E-state index is 0.109. The van der Waals surface area contributed by atoms with Crippen LogP contribution in [-0.4, -0.2) is 29.6 Å². The van der Waals surface area contributed by atoms with Crippen molar-refractivity contribution in [2.24, 2.45) is 5.73 Å². The molecule has 2 N–H and O–H groups in total. The number of thioether (sulfide) groups is 1. The van der Waals surface area contributed by atoms with Crippen molar-refractivity contribution in [1.82, 2.24) is 0 Å². The van der Waals surface area contributed by atoms with Gasteiger partial charge in [-0.05, 0) is 19.8 Å². The van der Waals surface area contributed by atoms with Gasteiger partial charge in [0.15, 0.2) is 0 Å².